The lowest BCUT2D eigenvalue weighted by Gasteiger charge is -2.30. The maximum atomic E-state index is 11.6. The molecule has 3 amide bonds. The highest BCUT2D eigenvalue weighted by Crippen LogP contribution is 2.22. The molecular formula is C18H30N2O9. The molecule has 1 atom stereocenters. The Morgan fingerprint density at radius 1 is 1.00 bits per heavy atom. The van der Waals surface area contributed by atoms with Gasteiger partial charge in [-0.2, -0.15) is 0 Å². The summed E-state index contributed by atoms with van der Waals surface area (Å²) in [5, 5.41) is 0.505. The zero-order valence-corrected chi connectivity index (χ0v) is 17.1. The molecule has 11 nitrogen and oxygen atoms in total. The summed E-state index contributed by atoms with van der Waals surface area (Å²) in [7, 11) is 0. The molecule has 0 saturated carbocycles. The number of nitrogens with zero attached hydrogens (tertiary/aromatic N) is 1. The van der Waals surface area contributed by atoms with Gasteiger partial charge in [0.2, 0.25) is 0 Å². The van der Waals surface area contributed by atoms with E-state index in [9.17, 15) is 19.2 Å². The minimum atomic E-state index is -0.848. The second-order valence-corrected chi connectivity index (χ2v) is 7.38. The van der Waals surface area contributed by atoms with Crippen LogP contribution in [0.5, 0.6) is 0 Å². The number of carbonyl (C=O) groups is 4. The van der Waals surface area contributed by atoms with E-state index in [0.717, 1.165) is 0 Å². The molecule has 1 rings (SSSR count). The van der Waals surface area contributed by atoms with Gasteiger partial charge in [-0.3, -0.25) is 9.59 Å². The maximum absolute atomic E-state index is 11.6. The standard InChI is InChI=1S/C18H30N2O9/c1-18(2,3)13(12-28-17(19)24)27-11-10-26-9-8-25-7-6-16(23)29-20-14(21)4-5-15(20)22/h13H,4-12H2,1-3H3,(H2,19,24). The molecule has 0 spiro atoms. The number of amides is 3. The molecule has 1 heterocycles. The van der Waals surface area contributed by atoms with E-state index in [1.165, 1.54) is 0 Å². The molecule has 1 saturated heterocycles. The van der Waals surface area contributed by atoms with Crippen LogP contribution >= 0.6 is 0 Å². The van der Waals surface area contributed by atoms with Crippen molar-refractivity contribution in [2.24, 2.45) is 11.1 Å². The van der Waals surface area contributed by atoms with Gasteiger partial charge in [0, 0.05) is 12.8 Å². The summed E-state index contributed by atoms with van der Waals surface area (Å²) in [6.45, 7) is 7.16. The van der Waals surface area contributed by atoms with Gasteiger partial charge in [0.15, 0.2) is 0 Å². The lowest BCUT2D eigenvalue weighted by molar-refractivity contribution is -0.198. The molecule has 2 N–H and O–H groups in total. The maximum Gasteiger partial charge on any atom is 0.404 e. The van der Waals surface area contributed by atoms with Crippen LogP contribution in [0, 0.1) is 5.41 Å². The van der Waals surface area contributed by atoms with Crippen molar-refractivity contribution in [1.29, 1.82) is 0 Å². The summed E-state index contributed by atoms with van der Waals surface area (Å²) in [5.74, 6) is -1.75. The lowest BCUT2D eigenvalue weighted by Crippen LogP contribution is -2.36. The Hall–Kier alpha value is -2.24. The molecule has 11 heteroatoms. The van der Waals surface area contributed by atoms with Gasteiger partial charge in [-0.15, -0.1) is 5.06 Å². The molecule has 166 valence electrons. The fourth-order valence-electron chi connectivity index (χ4n) is 2.24. The SMILES string of the molecule is CC(C)(C)C(COC(N)=O)OCCOCCOCCC(=O)ON1C(=O)CCC1=O. The summed E-state index contributed by atoms with van der Waals surface area (Å²) < 4.78 is 21.1. The predicted molar refractivity (Wildman–Crippen MR) is 98.2 cm³/mol. The van der Waals surface area contributed by atoms with Crippen LogP contribution in [0.4, 0.5) is 4.79 Å². The van der Waals surface area contributed by atoms with Crippen molar-refractivity contribution in [3.05, 3.63) is 0 Å². The van der Waals surface area contributed by atoms with Gasteiger partial charge in [-0.05, 0) is 5.41 Å². The number of carbonyl (C=O) groups excluding carboxylic acids is 4. The summed E-state index contributed by atoms with van der Waals surface area (Å²) >= 11 is 0. The Bertz CT molecular complexity index is 558. The zero-order chi connectivity index (χ0) is 21.9. The number of primary amides is 1. The van der Waals surface area contributed by atoms with Gasteiger partial charge < -0.3 is 29.5 Å². The normalized spacial score (nSPS) is 15.5. The molecule has 0 aromatic carbocycles. The van der Waals surface area contributed by atoms with Gasteiger partial charge in [0.25, 0.3) is 11.8 Å². The molecule has 1 fully saturated rings. The smallest absolute Gasteiger partial charge is 0.404 e. The summed E-state index contributed by atoms with van der Waals surface area (Å²) in [4.78, 5) is 49.7. The minimum Gasteiger partial charge on any atom is -0.447 e. The first-order chi connectivity index (χ1) is 13.6. The molecule has 0 aliphatic carbocycles. The topological polar surface area (TPSA) is 144 Å². The van der Waals surface area contributed by atoms with Crippen LogP contribution in [0.2, 0.25) is 0 Å². The number of imide groups is 1. The molecule has 1 aliphatic rings. The van der Waals surface area contributed by atoms with Crippen molar-refractivity contribution in [1.82, 2.24) is 5.06 Å². The molecular weight excluding hydrogens is 388 g/mol. The van der Waals surface area contributed by atoms with Crippen LogP contribution in [0.1, 0.15) is 40.0 Å². The van der Waals surface area contributed by atoms with Crippen molar-refractivity contribution in [3.63, 3.8) is 0 Å². The number of hydrogen-bond acceptors (Lipinski definition) is 9. The van der Waals surface area contributed by atoms with Gasteiger partial charge in [0.1, 0.15) is 6.61 Å². The van der Waals surface area contributed by atoms with Gasteiger partial charge in [0.05, 0.1) is 45.6 Å². The summed E-state index contributed by atoms with van der Waals surface area (Å²) in [5.41, 5.74) is 4.73. The molecule has 0 radical (unpaired) electrons. The minimum absolute atomic E-state index is 0.0539. The van der Waals surface area contributed by atoms with Crippen LogP contribution in [-0.4, -0.2) is 74.7 Å². The van der Waals surface area contributed by atoms with Crippen molar-refractivity contribution < 1.29 is 43.0 Å². The van der Waals surface area contributed by atoms with Crippen molar-refractivity contribution >= 4 is 23.9 Å². The number of hydroxylamine groups is 2. The van der Waals surface area contributed by atoms with Crippen LogP contribution < -0.4 is 5.73 Å². The molecule has 1 unspecified atom stereocenters. The van der Waals surface area contributed by atoms with E-state index >= 15 is 0 Å². The number of rotatable bonds is 13. The molecule has 0 aromatic heterocycles. The quantitative estimate of drug-likeness (QED) is 0.335. The molecule has 0 bridgehead atoms. The van der Waals surface area contributed by atoms with Crippen LogP contribution in [0.25, 0.3) is 0 Å². The Kier molecular flexibility index (Phi) is 10.6. The van der Waals surface area contributed by atoms with Crippen molar-refractivity contribution in [2.45, 2.75) is 46.1 Å². The fourth-order valence-corrected chi connectivity index (χ4v) is 2.24. The highest BCUT2D eigenvalue weighted by atomic mass is 16.7. The van der Waals surface area contributed by atoms with E-state index in [1.807, 2.05) is 20.8 Å². The van der Waals surface area contributed by atoms with Crippen LogP contribution in [-0.2, 0) is 38.2 Å². The molecule has 0 aromatic rings. The Morgan fingerprint density at radius 2 is 1.55 bits per heavy atom. The van der Waals surface area contributed by atoms with Gasteiger partial charge in [-0.1, -0.05) is 20.8 Å². The van der Waals surface area contributed by atoms with E-state index < -0.39 is 23.9 Å². The Labute approximate surface area is 169 Å². The van der Waals surface area contributed by atoms with E-state index in [2.05, 4.69) is 0 Å². The van der Waals surface area contributed by atoms with E-state index in [1.54, 1.807) is 0 Å². The largest absolute Gasteiger partial charge is 0.447 e. The first kappa shape index (κ1) is 24.8. The van der Waals surface area contributed by atoms with Gasteiger partial charge in [-0.25, -0.2) is 9.59 Å². The number of nitrogens with two attached hydrogens (primary N) is 1. The number of ether oxygens (including phenoxy) is 4. The van der Waals surface area contributed by atoms with Crippen molar-refractivity contribution in [3.8, 4) is 0 Å². The average Bonchev–Trinajstić information content (AvgIpc) is 2.93. The summed E-state index contributed by atoms with van der Waals surface area (Å²) in [6, 6.07) is 0. The third-order valence-corrected chi connectivity index (χ3v) is 3.91. The Balaban J connectivity index is 2.04. The monoisotopic (exact) mass is 418 g/mol. The molecule has 1 aliphatic heterocycles. The highest BCUT2D eigenvalue weighted by Gasteiger charge is 2.32. The van der Waals surface area contributed by atoms with Crippen LogP contribution in [0.3, 0.4) is 0 Å². The van der Waals surface area contributed by atoms with E-state index in [4.69, 9.17) is 29.5 Å². The number of hydrogen-bond donors (Lipinski definition) is 1. The zero-order valence-electron chi connectivity index (χ0n) is 17.1. The predicted octanol–water partition coefficient (Wildman–Crippen LogP) is 0.544. The van der Waals surface area contributed by atoms with Gasteiger partial charge >= 0.3 is 12.1 Å². The lowest BCUT2D eigenvalue weighted by atomic mass is 9.89. The Morgan fingerprint density at radius 3 is 2.10 bits per heavy atom. The van der Waals surface area contributed by atoms with E-state index in [0.29, 0.717) is 24.9 Å². The summed E-state index contributed by atoms with van der Waals surface area (Å²) in [6.07, 6.45) is -1.15. The van der Waals surface area contributed by atoms with E-state index in [-0.39, 0.29) is 50.6 Å². The molecule has 29 heavy (non-hydrogen) atoms. The fraction of sp³-hybridized carbons (Fsp3) is 0.778. The first-order valence-electron chi connectivity index (χ1n) is 9.37. The van der Waals surface area contributed by atoms with Crippen molar-refractivity contribution in [2.75, 3.05) is 39.6 Å². The average molecular weight is 418 g/mol. The third-order valence-electron chi connectivity index (χ3n) is 3.91. The highest BCUT2D eigenvalue weighted by molar-refractivity contribution is 6.01. The second kappa shape index (κ2) is 12.3. The van der Waals surface area contributed by atoms with Crippen LogP contribution in [0.15, 0.2) is 0 Å². The third kappa shape index (κ3) is 10.2. The first-order valence-corrected chi connectivity index (χ1v) is 9.37. The second-order valence-electron chi connectivity index (χ2n) is 7.38.